The number of nitro groups is 1. The van der Waals surface area contributed by atoms with Crippen LogP contribution in [0.25, 0.3) is 0 Å². The fourth-order valence-corrected chi connectivity index (χ4v) is 2.69. The third-order valence-electron chi connectivity index (χ3n) is 3.76. The SMILES string of the molecule is O=C(O)CN(CC(=O)O)C[C@@H](c1ccc([N+](=O)[O-])cc1)N(CC(=O)O)CC(=O)O. The summed E-state index contributed by atoms with van der Waals surface area (Å²) < 4.78 is 0. The molecule has 0 bridgehead atoms. The van der Waals surface area contributed by atoms with Crippen LogP contribution in [-0.4, -0.2) is 91.8 Å². The molecule has 158 valence electrons. The van der Waals surface area contributed by atoms with Gasteiger partial charge in [0.2, 0.25) is 0 Å². The van der Waals surface area contributed by atoms with Crippen molar-refractivity contribution in [2.75, 3.05) is 32.7 Å². The Morgan fingerprint density at radius 1 is 0.828 bits per heavy atom. The van der Waals surface area contributed by atoms with Gasteiger partial charge in [-0.2, -0.15) is 0 Å². The van der Waals surface area contributed by atoms with Crippen molar-refractivity contribution >= 4 is 29.6 Å². The van der Waals surface area contributed by atoms with Crippen molar-refractivity contribution in [3.63, 3.8) is 0 Å². The van der Waals surface area contributed by atoms with Crippen molar-refractivity contribution in [2.24, 2.45) is 0 Å². The standard InChI is InChI=1S/C16H19N3O10/c20-13(21)6-17(7-14(22)23)5-12(18(8-15(24)25)9-16(26)27)10-1-3-11(4-2-10)19(28)29/h1-4,12H,5-9H2,(H,20,21)(H,22,23)(H,24,25)(H,26,27)/t12-/m0/s1. The van der Waals surface area contributed by atoms with Crippen LogP contribution < -0.4 is 0 Å². The van der Waals surface area contributed by atoms with Gasteiger partial charge in [-0.25, -0.2) is 0 Å². The summed E-state index contributed by atoms with van der Waals surface area (Å²) >= 11 is 0. The number of hydrogen-bond acceptors (Lipinski definition) is 8. The van der Waals surface area contributed by atoms with Crippen molar-refractivity contribution in [2.45, 2.75) is 6.04 Å². The number of nitrogens with zero attached hydrogens (tertiary/aromatic N) is 3. The van der Waals surface area contributed by atoms with Crippen molar-refractivity contribution in [1.82, 2.24) is 9.80 Å². The second-order valence-corrected chi connectivity index (χ2v) is 6.01. The molecule has 1 aromatic rings. The van der Waals surface area contributed by atoms with E-state index in [0.717, 1.165) is 21.9 Å². The quantitative estimate of drug-likeness (QED) is 0.241. The number of hydrogen-bond donors (Lipinski definition) is 4. The van der Waals surface area contributed by atoms with Gasteiger partial charge >= 0.3 is 23.9 Å². The van der Waals surface area contributed by atoms with Crippen molar-refractivity contribution in [3.8, 4) is 0 Å². The van der Waals surface area contributed by atoms with Gasteiger partial charge in [0, 0.05) is 24.7 Å². The number of nitro benzene ring substituents is 1. The monoisotopic (exact) mass is 413 g/mol. The first kappa shape index (κ1) is 23.5. The van der Waals surface area contributed by atoms with E-state index < -0.39 is 61.0 Å². The molecule has 1 atom stereocenters. The molecule has 0 aliphatic heterocycles. The smallest absolute Gasteiger partial charge is 0.317 e. The highest BCUT2D eigenvalue weighted by molar-refractivity contribution is 5.73. The molecule has 29 heavy (non-hydrogen) atoms. The zero-order chi connectivity index (χ0) is 22.1. The van der Waals surface area contributed by atoms with Crippen molar-refractivity contribution < 1.29 is 44.5 Å². The topological polar surface area (TPSA) is 199 Å². The van der Waals surface area contributed by atoms with Crippen LogP contribution in [-0.2, 0) is 19.2 Å². The molecule has 0 amide bonds. The number of rotatable bonds is 13. The van der Waals surface area contributed by atoms with E-state index in [9.17, 15) is 29.3 Å². The molecule has 4 N–H and O–H groups in total. The third-order valence-corrected chi connectivity index (χ3v) is 3.76. The Morgan fingerprint density at radius 3 is 1.59 bits per heavy atom. The highest BCUT2D eigenvalue weighted by Gasteiger charge is 2.28. The molecule has 0 saturated heterocycles. The van der Waals surface area contributed by atoms with Gasteiger partial charge < -0.3 is 20.4 Å². The summed E-state index contributed by atoms with van der Waals surface area (Å²) in [5.41, 5.74) is 0.00215. The molecule has 0 fully saturated rings. The third kappa shape index (κ3) is 8.32. The van der Waals surface area contributed by atoms with E-state index in [4.69, 9.17) is 20.4 Å². The average Bonchev–Trinajstić information content (AvgIpc) is 2.57. The molecule has 0 radical (unpaired) electrons. The Balaban J connectivity index is 3.33. The lowest BCUT2D eigenvalue weighted by Crippen LogP contribution is -2.45. The van der Waals surface area contributed by atoms with E-state index >= 15 is 0 Å². The predicted molar refractivity (Wildman–Crippen MR) is 94.4 cm³/mol. The molecule has 0 heterocycles. The summed E-state index contributed by atoms with van der Waals surface area (Å²) in [4.78, 5) is 56.6. The second-order valence-electron chi connectivity index (χ2n) is 6.01. The van der Waals surface area contributed by atoms with Crippen LogP contribution in [0.4, 0.5) is 5.69 Å². The van der Waals surface area contributed by atoms with Gasteiger partial charge in [-0.3, -0.25) is 39.1 Å². The summed E-state index contributed by atoms with van der Waals surface area (Å²) in [5, 5.41) is 47.0. The van der Waals surface area contributed by atoms with Gasteiger partial charge in [-0.05, 0) is 5.56 Å². The van der Waals surface area contributed by atoms with E-state index in [1.54, 1.807) is 0 Å². The molecular weight excluding hydrogens is 394 g/mol. The van der Waals surface area contributed by atoms with Crippen molar-refractivity contribution in [1.29, 1.82) is 0 Å². The molecule has 0 aliphatic rings. The maximum absolute atomic E-state index is 11.2. The predicted octanol–water partition coefficient (Wildman–Crippen LogP) is -0.422. The van der Waals surface area contributed by atoms with Crippen LogP contribution in [0.15, 0.2) is 24.3 Å². The van der Waals surface area contributed by atoms with E-state index in [1.165, 1.54) is 12.1 Å². The van der Waals surface area contributed by atoms with Crippen LogP contribution in [0.2, 0.25) is 0 Å². The summed E-state index contributed by atoms with van der Waals surface area (Å²) in [7, 11) is 0. The Hall–Kier alpha value is -3.58. The number of aliphatic carboxylic acids is 4. The molecule has 0 aliphatic carbocycles. The van der Waals surface area contributed by atoms with Crippen LogP contribution in [0, 0.1) is 10.1 Å². The number of benzene rings is 1. The summed E-state index contributed by atoms with van der Waals surface area (Å²) in [5.74, 6) is -5.39. The Kier molecular flexibility index (Phi) is 8.64. The summed E-state index contributed by atoms with van der Waals surface area (Å²) in [6, 6.07) is 3.75. The molecule has 1 aromatic carbocycles. The van der Waals surface area contributed by atoms with Crippen molar-refractivity contribution in [3.05, 3.63) is 39.9 Å². The van der Waals surface area contributed by atoms with Crippen LogP contribution in [0.3, 0.4) is 0 Å². The largest absolute Gasteiger partial charge is 0.480 e. The van der Waals surface area contributed by atoms with Crippen LogP contribution in [0.5, 0.6) is 0 Å². The van der Waals surface area contributed by atoms with E-state index in [-0.39, 0.29) is 17.8 Å². The zero-order valence-corrected chi connectivity index (χ0v) is 15.0. The molecule has 0 saturated carbocycles. The van der Waals surface area contributed by atoms with Gasteiger partial charge in [0.1, 0.15) is 0 Å². The number of carboxylic acid groups (broad SMARTS) is 4. The van der Waals surface area contributed by atoms with Crippen LogP contribution >= 0.6 is 0 Å². The fraction of sp³-hybridized carbons (Fsp3) is 0.375. The zero-order valence-electron chi connectivity index (χ0n) is 15.0. The minimum atomic E-state index is -1.36. The van der Waals surface area contributed by atoms with Gasteiger partial charge in [-0.15, -0.1) is 0 Å². The van der Waals surface area contributed by atoms with E-state index in [2.05, 4.69) is 0 Å². The molecule has 0 spiro atoms. The molecule has 1 rings (SSSR count). The first-order valence-corrected chi connectivity index (χ1v) is 8.07. The van der Waals surface area contributed by atoms with Gasteiger partial charge in [-0.1, -0.05) is 12.1 Å². The first-order valence-electron chi connectivity index (χ1n) is 8.07. The van der Waals surface area contributed by atoms with E-state index in [0.29, 0.717) is 0 Å². The van der Waals surface area contributed by atoms with Gasteiger partial charge in [0.25, 0.3) is 5.69 Å². The van der Waals surface area contributed by atoms with Gasteiger partial charge in [0.05, 0.1) is 31.1 Å². The Labute approximate surface area is 163 Å². The maximum Gasteiger partial charge on any atom is 0.317 e. The molecule has 0 aromatic heterocycles. The van der Waals surface area contributed by atoms with E-state index in [1.807, 2.05) is 0 Å². The average molecular weight is 413 g/mol. The second kappa shape index (κ2) is 10.7. The molecule has 0 unspecified atom stereocenters. The molecular formula is C16H19N3O10. The first-order chi connectivity index (χ1) is 13.5. The van der Waals surface area contributed by atoms with Crippen LogP contribution in [0.1, 0.15) is 11.6 Å². The number of carbonyl (C=O) groups is 4. The molecule has 13 heteroatoms. The minimum absolute atomic E-state index is 0.261. The number of carboxylic acids is 4. The Morgan fingerprint density at radius 2 is 1.24 bits per heavy atom. The highest BCUT2D eigenvalue weighted by Crippen LogP contribution is 2.24. The molecule has 13 nitrogen and oxygen atoms in total. The normalized spacial score (nSPS) is 11.9. The fourth-order valence-electron chi connectivity index (χ4n) is 2.69. The Bertz CT molecular complexity index is 748. The minimum Gasteiger partial charge on any atom is -0.480 e. The lowest BCUT2D eigenvalue weighted by molar-refractivity contribution is -0.384. The lowest BCUT2D eigenvalue weighted by atomic mass is 10.0. The maximum atomic E-state index is 11.2. The lowest BCUT2D eigenvalue weighted by Gasteiger charge is -2.33. The summed E-state index contributed by atoms with van der Waals surface area (Å²) in [6.07, 6.45) is 0. The highest BCUT2D eigenvalue weighted by atomic mass is 16.6. The van der Waals surface area contributed by atoms with Gasteiger partial charge in [0.15, 0.2) is 0 Å². The summed E-state index contributed by atoms with van der Waals surface area (Å²) in [6.45, 7) is -3.19. The number of non-ortho nitro benzene ring substituents is 1.